The topological polar surface area (TPSA) is 208 Å². The Labute approximate surface area is 185 Å². The predicted octanol–water partition coefficient (Wildman–Crippen LogP) is -1.93. The molecule has 0 aliphatic rings. The predicted molar refractivity (Wildman–Crippen MR) is 113 cm³/mol. The molecule has 0 saturated heterocycles. The van der Waals surface area contributed by atoms with Crippen LogP contribution in [0.3, 0.4) is 0 Å². The number of carboxylic acids is 2. The van der Waals surface area contributed by atoms with Crippen molar-refractivity contribution in [2.45, 2.75) is 70.3 Å². The molecule has 0 aliphatic carbocycles. The normalized spacial score (nSPS) is 15.8. The molecule has 8 N–H and O–H groups in total. The number of carboxylic acid groups (broad SMARTS) is 2. The van der Waals surface area contributed by atoms with E-state index < -0.39 is 66.4 Å². The highest BCUT2D eigenvalue weighted by atomic mass is 32.1. The van der Waals surface area contributed by atoms with Gasteiger partial charge in [-0.2, -0.15) is 12.6 Å². The maximum atomic E-state index is 12.6. The van der Waals surface area contributed by atoms with Gasteiger partial charge in [0.2, 0.25) is 17.7 Å². The van der Waals surface area contributed by atoms with Gasteiger partial charge in [-0.05, 0) is 25.7 Å². The quantitative estimate of drug-likeness (QED) is 0.134. The standard InChI is InChI=1S/C18H32N4O8S/c1-8(2)6-12(18(29)30)21-16(27)11(4-5-13(24)25)20-17(28)14(9(3)23)22-15(26)10(19)7-31/h8-12,14,23,31H,4-7,19H2,1-3H3,(H,20,28)(H,21,27)(H,22,26)(H,24,25)(H,29,30). The van der Waals surface area contributed by atoms with E-state index in [0.717, 1.165) is 0 Å². The molecule has 3 amide bonds. The minimum Gasteiger partial charge on any atom is -0.481 e. The van der Waals surface area contributed by atoms with Crippen molar-refractivity contribution in [2.75, 3.05) is 5.75 Å². The van der Waals surface area contributed by atoms with E-state index in [-0.39, 0.29) is 24.5 Å². The first-order valence-corrected chi connectivity index (χ1v) is 10.3. The molecule has 5 unspecified atom stereocenters. The average molecular weight is 465 g/mol. The molecule has 0 aliphatic heterocycles. The number of hydrogen-bond acceptors (Lipinski definition) is 8. The molecule has 13 heteroatoms. The van der Waals surface area contributed by atoms with Gasteiger partial charge >= 0.3 is 11.9 Å². The number of carbonyl (C=O) groups excluding carboxylic acids is 3. The number of thiol groups is 1. The van der Waals surface area contributed by atoms with Crippen molar-refractivity contribution in [3.05, 3.63) is 0 Å². The van der Waals surface area contributed by atoms with Crippen LogP contribution in [0.2, 0.25) is 0 Å². The maximum Gasteiger partial charge on any atom is 0.326 e. The van der Waals surface area contributed by atoms with Crippen molar-refractivity contribution in [2.24, 2.45) is 11.7 Å². The molecular formula is C18H32N4O8S. The average Bonchev–Trinajstić information content (AvgIpc) is 2.66. The molecule has 0 heterocycles. The van der Waals surface area contributed by atoms with Gasteiger partial charge in [0.15, 0.2) is 0 Å². The Kier molecular flexibility index (Phi) is 12.8. The highest BCUT2D eigenvalue weighted by Crippen LogP contribution is 2.07. The van der Waals surface area contributed by atoms with Gasteiger partial charge in [-0.3, -0.25) is 19.2 Å². The second-order valence-electron chi connectivity index (χ2n) is 7.54. The molecule has 0 aromatic rings. The molecule has 5 atom stereocenters. The minimum absolute atomic E-state index is 0.0178. The van der Waals surface area contributed by atoms with E-state index in [0.29, 0.717) is 0 Å². The number of rotatable bonds is 14. The van der Waals surface area contributed by atoms with Gasteiger partial charge in [-0.25, -0.2) is 4.79 Å². The third kappa shape index (κ3) is 11.0. The highest BCUT2D eigenvalue weighted by Gasteiger charge is 2.32. The molecule has 0 aromatic carbocycles. The van der Waals surface area contributed by atoms with Crippen LogP contribution in [0.1, 0.15) is 40.0 Å². The van der Waals surface area contributed by atoms with Crippen molar-refractivity contribution in [3.8, 4) is 0 Å². The Morgan fingerprint density at radius 3 is 1.87 bits per heavy atom. The molecule has 31 heavy (non-hydrogen) atoms. The van der Waals surface area contributed by atoms with Crippen LogP contribution in [0.15, 0.2) is 0 Å². The smallest absolute Gasteiger partial charge is 0.326 e. The second-order valence-corrected chi connectivity index (χ2v) is 7.90. The number of aliphatic hydroxyl groups excluding tert-OH is 1. The Morgan fingerprint density at radius 1 is 0.903 bits per heavy atom. The number of nitrogens with two attached hydrogens (primary N) is 1. The summed E-state index contributed by atoms with van der Waals surface area (Å²) in [6.45, 7) is 4.75. The minimum atomic E-state index is -1.48. The number of aliphatic carboxylic acids is 2. The highest BCUT2D eigenvalue weighted by molar-refractivity contribution is 7.80. The van der Waals surface area contributed by atoms with Crippen molar-refractivity contribution in [3.63, 3.8) is 0 Å². The molecule has 0 rings (SSSR count). The number of nitrogens with one attached hydrogen (secondary N) is 3. The van der Waals surface area contributed by atoms with Crippen LogP contribution in [0, 0.1) is 5.92 Å². The number of carbonyl (C=O) groups is 5. The lowest BCUT2D eigenvalue weighted by Gasteiger charge is -2.26. The third-order valence-electron chi connectivity index (χ3n) is 4.20. The first-order chi connectivity index (χ1) is 14.3. The van der Waals surface area contributed by atoms with E-state index in [1.165, 1.54) is 6.92 Å². The van der Waals surface area contributed by atoms with Gasteiger partial charge in [-0.15, -0.1) is 0 Å². The van der Waals surface area contributed by atoms with Crippen molar-refractivity contribution in [1.82, 2.24) is 16.0 Å². The summed E-state index contributed by atoms with van der Waals surface area (Å²) in [7, 11) is 0. The van der Waals surface area contributed by atoms with Gasteiger partial charge in [0.05, 0.1) is 12.1 Å². The summed E-state index contributed by atoms with van der Waals surface area (Å²) in [4.78, 5) is 59.5. The summed E-state index contributed by atoms with van der Waals surface area (Å²) in [6.07, 6.45) is -2.07. The number of amides is 3. The van der Waals surface area contributed by atoms with Crippen molar-refractivity contribution < 1.29 is 39.3 Å². The Bertz CT molecular complexity index is 658. The largest absolute Gasteiger partial charge is 0.481 e. The van der Waals surface area contributed by atoms with Gasteiger partial charge in [0.25, 0.3) is 0 Å². The van der Waals surface area contributed by atoms with Crippen molar-refractivity contribution >= 4 is 42.3 Å². The first-order valence-electron chi connectivity index (χ1n) is 9.70. The second kappa shape index (κ2) is 13.8. The summed E-state index contributed by atoms with van der Waals surface area (Å²) in [5.74, 6) is -5.20. The lowest BCUT2D eigenvalue weighted by molar-refractivity contribution is -0.143. The van der Waals surface area contributed by atoms with E-state index in [2.05, 4.69) is 28.6 Å². The SMILES string of the molecule is CC(C)CC(NC(=O)C(CCC(=O)O)NC(=O)C(NC(=O)C(N)CS)C(C)O)C(=O)O. The number of hydrogen-bond donors (Lipinski definition) is 8. The zero-order valence-electron chi connectivity index (χ0n) is 17.7. The van der Waals surface area contributed by atoms with Crippen LogP contribution in [-0.4, -0.2) is 81.0 Å². The summed E-state index contributed by atoms with van der Waals surface area (Å²) in [5, 5.41) is 34.9. The van der Waals surface area contributed by atoms with E-state index >= 15 is 0 Å². The molecule has 0 aromatic heterocycles. The summed E-state index contributed by atoms with van der Waals surface area (Å²) < 4.78 is 0. The molecule has 0 saturated carbocycles. The molecule has 12 nitrogen and oxygen atoms in total. The first kappa shape index (κ1) is 28.6. The Morgan fingerprint density at radius 2 is 1.45 bits per heavy atom. The number of aliphatic hydroxyl groups is 1. The van der Waals surface area contributed by atoms with Crippen LogP contribution >= 0.6 is 12.6 Å². The summed E-state index contributed by atoms with van der Waals surface area (Å²) in [6, 6.07) is -5.17. The fourth-order valence-corrected chi connectivity index (χ4v) is 2.68. The fourth-order valence-electron chi connectivity index (χ4n) is 2.51. The summed E-state index contributed by atoms with van der Waals surface area (Å²) in [5.41, 5.74) is 5.53. The molecule has 0 spiro atoms. The van der Waals surface area contributed by atoms with Crippen LogP contribution in [-0.2, 0) is 24.0 Å². The van der Waals surface area contributed by atoms with Gasteiger partial charge < -0.3 is 37.0 Å². The van der Waals surface area contributed by atoms with Crippen LogP contribution in [0.5, 0.6) is 0 Å². The van der Waals surface area contributed by atoms with Gasteiger partial charge in [0.1, 0.15) is 18.1 Å². The molecule has 0 bridgehead atoms. The lowest BCUT2D eigenvalue weighted by atomic mass is 10.0. The molecule has 0 fully saturated rings. The zero-order chi connectivity index (χ0) is 24.3. The molecule has 0 radical (unpaired) electrons. The van der Waals surface area contributed by atoms with Gasteiger partial charge in [0, 0.05) is 12.2 Å². The molecule has 178 valence electrons. The maximum absolute atomic E-state index is 12.6. The fraction of sp³-hybridized carbons (Fsp3) is 0.722. The lowest BCUT2D eigenvalue weighted by Crippen LogP contribution is -2.60. The Hall–Kier alpha value is -2.38. The van der Waals surface area contributed by atoms with E-state index in [4.69, 9.17) is 10.8 Å². The Balaban J connectivity index is 5.47. The van der Waals surface area contributed by atoms with Crippen LogP contribution < -0.4 is 21.7 Å². The molecular weight excluding hydrogens is 432 g/mol. The van der Waals surface area contributed by atoms with Crippen molar-refractivity contribution in [1.29, 1.82) is 0 Å². The van der Waals surface area contributed by atoms with E-state index in [1.54, 1.807) is 13.8 Å². The van der Waals surface area contributed by atoms with E-state index in [9.17, 15) is 34.2 Å². The summed E-state index contributed by atoms with van der Waals surface area (Å²) >= 11 is 3.88. The van der Waals surface area contributed by atoms with Crippen LogP contribution in [0.25, 0.3) is 0 Å². The zero-order valence-corrected chi connectivity index (χ0v) is 18.6. The third-order valence-corrected chi connectivity index (χ3v) is 4.59. The monoisotopic (exact) mass is 464 g/mol. The van der Waals surface area contributed by atoms with Crippen LogP contribution in [0.4, 0.5) is 0 Å². The van der Waals surface area contributed by atoms with Gasteiger partial charge in [-0.1, -0.05) is 13.8 Å². The van der Waals surface area contributed by atoms with E-state index in [1.807, 2.05) is 0 Å².